The summed E-state index contributed by atoms with van der Waals surface area (Å²) in [6.07, 6.45) is 3.94. The molecule has 1 spiro atoms. The molecule has 156 valence electrons. The Morgan fingerprint density at radius 1 is 1.17 bits per heavy atom. The predicted octanol–water partition coefficient (Wildman–Crippen LogP) is 4.21. The highest BCUT2D eigenvalue weighted by atomic mass is 19.1. The van der Waals surface area contributed by atoms with Gasteiger partial charge in [0.25, 0.3) is 5.91 Å². The summed E-state index contributed by atoms with van der Waals surface area (Å²) in [5.41, 5.74) is 1.90. The summed E-state index contributed by atoms with van der Waals surface area (Å²) in [6, 6.07) is 8.79. The van der Waals surface area contributed by atoms with Gasteiger partial charge in [0.05, 0.1) is 18.7 Å². The molecule has 7 heteroatoms. The lowest BCUT2D eigenvalue weighted by molar-refractivity contribution is -0.133. The quantitative estimate of drug-likeness (QED) is 0.703. The molecule has 0 radical (unpaired) electrons. The van der Waals surface area contributed by atoms with Crippen molar-refractivity contribution in [3.63, 3.8) is 0 Å². The minimum atomic E-state index is -0.555. The molecule has 1 aromatic heterocycles. The van der Waals surface area contributed by atoms with E-state index in [-0.39, 0.29) is 23.1 Å². The van der Waals surface area contributed by atoms with Gasteiger partial charge in [-0.1, -0.05) is 0 Å². The summed E-state index contributed by atoms with van der Waals surface area (Å²) in [4.78, 5) is 12.6. The smallest absolute Gasteiger partial charge is 0.251 e. The number of nitrogens with one attached hydrogen (secondary N) is 1. The largest absolute Gasteiger partial charge is 0.380 e. The Labute approximate surface area is 173 Å². The van der Waals surface area contributed by atoms with Crippen LogP contribution in [-0.2, 0) is 11.8 Å². The van der Waals surface area contributed by atoms with Gasteiger partial charge in [0, 0.05) is 35.0 Å². The van der Waals surface area contributed by atoms with Crippen LogP contribution in [0.1, 0.15) is 36.0 Å². The number of nitrogens with zero attached hydrogens (tertiary/aromatic N) is 2. The van der Waals surface area contributed by atoms with Crippen LogP contribution in [0.2, 0.25) is 0 Å². The third-order valence-electron chi connectivity index (χ3n) is 6.50. The lowest BCUT2D eigenvalue weighted by atomic mass is 9.71. The van der Waals surface area contributed by atoms with Gasteiger partial charge in [-0.25, -0.2) is 8.78 Å². The zero-order valence-corrected chi connectivity index (χ0v) is 16.8. The highest BCUT2D eigenvalue weighted by Crippen LogP contribution is 2.42. The standard InChI is InChI=1S/C23H23F2N3O2/c1-28-20-5-3-15(24)11-18(20)21(27-28)17-4-2-14(10-19(17)25)22(29)26-16-6-8-23(9-7-16)12-30-13-23/h2-5,10-11,16H,6-9,12-13H2,1H3,(H,26,29). The van der Waals surface area contributed by atoms with Crippen LogP contribution in [0.5, 0.6) is 0 Å². The Hall–Kier alpha value is -2.80. The number of aryl methyl sites for hydroxylation is 1. The third-order valence-corrected chi connectivity index (χ3v) is 6.50. The molecule has 0 bridgehead atoms. The maximum Gasteiger partial charge on any atom is 0.251 e. The van der Waals surface area contributed by atoms with Gasteiger partial charge in [-0.05, 0) is 62.1 Å². The van der Waals surface area contributed by atoms with E-state index in [1.807, 2.05) is 0 Å². The van der Waals surface area contributed by atoms with Crippen LogP contribution in [0.15, 0.2) is 36.4 Å². The van der Waals surface area contributed by atoms with Gasteiger partial charge in [0.2, 0.25) is 0 Å². The van der Waals surface area contributed by atoms with Crippen molar-refractivity contribution < 1.29 is 18.3 Å². The molecule has 1 saturated carbocycles. The van der Waals surface area contributed by atoms with Crippen LogP contribution in [0.25, 0.3) is 22.2 Å². The number of carbonyl (C=O) groups excluding carboxylic acids is 1. The molecule has 1 amide bonds. The van der Waals surface area contributed by atoms with Crippen molar-refractivity contribution in [2.45, 2.75) is 31.7 Å². The van der Waals surface area contributed by atoms with E-state index in [1.165, 1.54) is 18.2 Å². The number of halogens is 2. The molecule has 1 saturated heterocycles. The van der Waals surface area contributed by atoms with E-state index in [2.05, 4.69) is 10.4 Å². The molecule has 2 fully saturated rings. The summed E-state index contributed by atoms with van der Waals surface area (Å²) < 4.78 is 35.6. The number of ether oxygens (including phenoxy) is 1. The first-order valence-electron chi connectivity index (χ1n) is 10.2. The summed E-state index contributed by atoms with van der Waals surface area (Å²) >= 11 is 0. The summed E-state index contributed by atoms with van der Waals surface area (Å²) in [6.45, 7) is 1.65. The van der Waals surface area contributed by atoms with E-state index in [4.69, 9.17) is 4.74 Å². The number of fused-ring (bicyclic) bond motifs is 1. The van der Waals surface area contributed by atoms with Gasteiger partial charge >= 0.3 is 0 Å². The molecule has 30 heavy (non-hydrogen) atoms. The molecular weight excluding hydrogens is 388 g/mol. The average molecular weight is 411 g/mol. The topological polar surface area (TPSA) is 56.2 Å². The van der Waals surface area contributed by atoms with Gasteiger partial charge in [-0.15, -0.1) is 0 Å². The number of aromatic nitrogens is 2. The lowest BCUT2D eigenvalue weighted by Crippen LogP contribution is -2.49. The van der Waals surface area contributed by atoms with E-state index in [0.29, 0.717) is 22.0 Å². The third kappa shape index (κ3) is 3.27. The van der Waals surface area contributed by atoms with Crippen molar-refractivity contribution in [3.8, 4) is 11.3 Å². The average Bonchev–Trinajstić information content (AvgIpc) is 3.02. The van der Waals surface area contributed by atoms with Crippen molar-refractivity contribution in [3.05, 3.63) is 53.6 Å². The Morgan fingerprint density at radius 2 is 1.93 bits per heavy atom. The van der Waals surface area contributed by atoms with Crippen molar-refractivity contribution in [2.24, 2.45) is 12.5 Å². The van der Waals surface area contributed by atoms with E-state index in [0.717, 1.165) is 38.9 Å². The SMILES string of the molecule is Cn1nc(-c2ccc(C(=O)NC3CCC4(CC3)COC4)cc2F)c2cc(F)ccc21. The van der Waals surface area contributed by atoms with Gasteiger partial charge < -0.3 is 10.1 Å². The minimum Gasteiger partial charge on any atom is -0.380 e. The highest BCUT2D eigenvalue weighted by Gasteiger charge is 2.41. The van der Waals surface area contributed by atoms with Crippen LogP contribution in [0, 0.1) is 17.0 Å². The maximum atomic E-state index is 14.9. The first kappa shape index (κ1) is 19.2. The zero-order valence-electron chi connectivity index (χ0n) is 16.8. The number of amides is 1. The molecule has 1 aliphatic carbocycles. The second kappa shape index (κ2) is 7.16. The summed E-state index contributed by atoms with van der Waals surface area (Å²) in [5, 5.41) is 7.92. The molecule has 0 unspecified atom stereocenters. The van der Waals surface area contributed by atoms with Gasteiger partial charge in [0.15, 0.2) is 0 Å². The predicted molar refractivity (Wildman–Crippen MR) is 109 cm³/mol. The van der Waals surface area contributed by atoms with E-state index < -0.39 is 11.6 Å². The van der Waals surface area contributed by atoms with Crippen molar-refractivity contribution >= 4 is 16.8 Å². The van der Waals surface area contributed by atoms with Crippen LogP contribution < -0.4 is 5.32 Å². The molecule has 0 atom stereocenters. The fourth-order valence-electron chi connectivity index (χ4n) is 4.61. The van der Waals surface area contributed by atoms with Crippen LogP contribution in [-0.4, -0.2) is 34.9 Å². The monoisotopic (exact) mass is 411 g/mol. The zero-order chi connectivity index (χ0) is 20.9. The van der Waals surface area contributed by atoms with Crippen LogP contribution >= 0.6 is 0 Å². The fraction of sp³-hybridized carbons (Fsp3) is 0.391. The number of hydrogen-bond acceptors (Lipinski definition) is 3. The van der Waals surface area contributed by atoms with Crippen LogP contribution in [0.3, 0.4) is 0 Å². The van der Waals surface area contributed by atoms with Crippen molar-refractivity contribution in [1.29, 1.82) is 0 Å². The van der Waals surface area contributed by atoms with Gasteiger partial charge in [-0.3, -0.25) is 9.48 Å². The molecule has 2 aliphatic rings. The Kier molecular flexibility index (Phi) is 4.58. The summed E-state index contributed by atoms with van der Waals surface area (Å²) in [5.74, 6) is -1.24. The second-order valence-electron chi connectivity index (χ2n) is 8.57. The maximum absolute atomic E-state index is 14.9. The Morgan fingerprint density at radius 3 is 2.60 bits per heavy atom. The summed E-state index contributed by atoms with van der Waals surface area (Å²) in [7, 11) is 1.73. The first-order valence-corrected chi connectivity index (χ1v) is 10.2. The lowest BCUT2D eigenvalue weighted by Gasteiger charge is -2.46. The fourth-order valence-corrected chi connectivity index (χ4v) is 4.61. The first-order chi connectivity index (χ1) is 14.4. The Bertz CT molecular complexity index is 1130. The molecule has 2 aromatic carbocycles. The number of hydrogen-bond donors (Lipinski definition) is 1. The number of carbonyl (C=O) groups is 1. The van der Waals surface area contributed by atoms with Gasteiger partial charge in [0.1, 0.15) is 17.3 Å². The molecule has 1 aliphatic heterocycles. The molecule has 1 N–H and O–H groups in total. The van der Waals surface area contributed by atoms with E-state index in [1.54, 1.807) is 29.9 Å². The normalized spacial score (nSPS) is 18.5. The number of benzene rings is 2. The molecular formula is C23H23F2N3O2. The van der Waals surface area contributed by atoms with Gasteiger partial charge in [-0.2, -0.15) is 5.10 Å². The Balaban J connectivity index is 1.35. The van der Waals surface area contributed by atoms with Crippen molar-refractivity contribution in [2.75, 3.05) is 13.2 Å². The van der Waals surface area contributed by atoms with E-state index >= 15 is 0 Å². The van der Waals surface area contributed by atoms with Crippen molar-refractivity contribution in [1.82, 2.24) is 15.1 Å². The number of rotatable bonds is 3. The molecule has 3 aromatic rings. The molecule has 5 rings (SSSR count). The second-order valence-corrected chi connectivity index (χ2v) is 8.57. The molecule has 5 nitrogen and oxygen atoms in total. The van der Waals surface area contributed by atoms with E-state index in [9.17, 15) is 13.6 Å². The molecule has 2 heterocycles. The van der Waals surface area contributed by atoms with Crippen LogP contribution in [0.4, 0.5) is 8.78 Å². The minimum absolute atomic E-state index is 0.106. The highest BCUT2D eigenvalue weighted by molar-refractivity contribution is 5.97.